The number of carbonyl (C=O) groups excluding carboxylic acids is 1. The molecule has 0 atom stereocenters. The summed E-state index contributed by atoms with van der Waals surface area (Å²) in [7, 11) is 3.06. The summed E-state index contributed by atoms with van der Waals surface area (Å²) < 4.78 is 10.3. The van der Waals surface area contributed by atoms with Crippen LogP contribution in [0.2, 0.25) is 0 Å². The number of rotatable bonds is 4. The molecule has 0 fully saturated rings. The lowest BCUT2D eigenvalue weighted by Crippen LogP contribution is -2.06. The molecule has 0 aliphatic carbocycles. The van der Waals surface area contributed by atoms with E-state index < -0.39 is 0 Å². The first-order chi connectivity index (χ1) is 8.76. The predicted octanol–water partition coefficient (Wildman–Crippen LogP) is 1.72. The van der Waals surface area contributed by atoms with Crippen LogP contribution in [0.4, 0.5) is 0 Å². The van der Waals surface area contributed by atoms with Crippen LogP contribution in [0.15, 0.2) is 36.8 Å². The highest BCUT2D eigenvalue weighted by atomic mass is 16.5. The first kappa shape index (κ1) is 12.0. The second-order valence-electron chi connectivity index (χ2n) is 3.49. The summed E-state index contributed by atoms with van der Waals surface area (Å²) in [5, 5.41) is 0. The molecule has 0 unspecified atom stereocenters. The molecule has 1 aromatic heterocycles. The van der Waals surface area contributed by atoms with Crippen LogP contribution < -0.4 is 9.47 Å². The van der Waals surface area contributed by atoms with Crippen molar-refractivity contribution >= 4 is 5.78 Å². The average molecular weight is 244 g/mol. The standard InChI is InChI=1S/C13H12N2O3/c1-17-9-3-4-10(12(7-9)18-2)13(16)11-8-14-5-6-15-11/h3-8H,1-2H3. The number of ketones is 1. The monoisotopic (exact) mass is 244 g/mol. The summed E-state index contributed by atoms with van der Waals surface area (Å²) in [6, 6.07) is 5.00. The summed E-state index contributed by atoms with van der Waals surface area (Å²) in [4.78, 5) is 20.0. The molecule has 0 saturated carbocycles. The highest BCUT2D eigenvalue weighted by molar-refractivity contribution is 6.09. The maximum Gasteiger partial charge on any atom is 0.216 e. The van der Waals surface area contributed by atoms with Gasteiger partial charge in [-0.15, -0.1) is 0 Å². The van der Waals surface area contributed by atoms with E-state index in [0.717, 1.165) is 0 Å². The molecule has 1 aromatic carbocycles. The second kappa shape index (κ2) is 5.27. The van der Waals surface area contributed by atoms with E-state index in [1.165, 1.54) is 25.7 Å². The highest BCUT2D eigenvalue weighted by Gasteiger charge is 2.16. The van der Waals surface area contributed by atoms with Crippen molar-refractivity contribution < 1.29 is 14.3 Å². The highest BCUT2D eigenvalue weighted by Crippen LogP contribution is 2.26. The minimum absolute atomic E-state index is 0.234. The molecule has 0 N–H and O–H groups in total. The van der Waals surface area contributed by atoms with Crippen LogP contribution in [0.25, 0.3) is 0 Å². The van der Waals surface area contributed by atoms with Crippen LogP contribution in [0, 0.1) is 0 Å². The van der Waals surface area contributed by atoms with Gasteiger partial charge in [0.2, 0.25) is 5.78 Å². The zero-order valence-corrected chi connectivity index (χ0v) is 10.1. The first-order valence-electron chi connectivity index (χ1n) is 5.29. The van der Waals surface area contributed by atoms with Crippen molar-refractivity contribution in [2.24, 2.45) is 0 Å². The van der Waals surface area contributed by atoms with Gasteiger partial charge in [0.25, 0.3) is 0 Å². The molecule has 1 heterocycles. The Labute approximate surface area is 104 Å². The Balaban J connectivity index is 2.42. The smallest absolute Gasteiger partial charge is 0.216 e. The summed E-state index contributed by atoms with van der Waals surface area (Å²) in [5.41, 5.74) is 0.708. The van der Waals surface area contributed by atoms with Crippen molar-refractivity contribution in [1.29, 1.82) is 0 Å². The number of methoxy groups -OCH3 is 2. The largest absolute Gasteiger partial charge is 0.497 e. The molecule has 2 rings (SSSR count). The molecule has 0 aliphatic rings. The molecule has 92 valence electrons. The Morgan fingerprint density at radius 3 is 2.61 bits per heavy atom. The number of benzene rings is 1. The Bertz CT molecular complexity index is 555. The molecule has 0 aliphatic heterocycles. The van der Waals surface area contributed by atoms with Gasteiger partial charge in [-0.1, -0.05) is 0 Å². The van der Waals surface area contributed by atoms with Crippen LogP contribution in [-0.2, 0) is 0 Å². The van der Waals surface area contributed by atoms with Gasteiger partial charge < -0.3 is 9.47 Å². The zero-order chi connectivity index (χ0) is 13.0. The fourth-order valence-corrected chi connectivity index (χ4v) is 1.54. The number of carbonyl (C=O) groups is 1. The molecule has 0 spiro atoms. The average Bonchev–Trinajstić information content (AvgIpc) is 2.46. The Morgan fingerprint density at radius 2 is 2.00 bits per heavy atom. The van der Waals surface area contributed by atoms with E-state index in [1.54, 1.807) is 25.3 Å². The van der Waals surface area contributed by atoms with Crippen LogP contribution in [0.3, 0.4) is 0 Å². The first-order valence-corrected chi connectivity index (χ1v) is 5.29. The van der Waals surface area contributed by atoms with Gasteiger partial charge in [0.1, 0.15) is 17.2 Å². The fraction of sp³-hybridized carbons (Fsp3) is 0.154. The normalized spacial score (nSPS) is 9.89. The van der Waals surface area contributed by atoms with Crippen LogP contribution in [0.1, 0.15) is 16.1 Å². The van der Waals surface area contributed by atoms with Gasteiger partial charge in [-0.3, -0.25) is 9.78 Å². The van der Waals surface area contributed by atoms with E-state index in [0.29, 0.717) is 17.1 Å². The molecule has 18 heavy (non-hydrogen) atoms. The van der Waals surface area contributed by atoms with Crippen molar-refractivity contribution in [3.63, 3.8) is 0 Å². The summed E-state index contributed by atoms with van der Waals surface area (Å²) in [6.45, 7) is 0. The number of hydrogen-bond acceptors (Lipinski definition) is 5. The third-order valence-electron chi connectivity index (χ3n) is 2.45. The van der Waals surface area contributed by atoms with E-state index >= 15 is 0 Å². The van der Waals surface area contributed by atoms with Gasteiger partial charge in [0.05, 0.1) is 26.0 Å². The summed E-state index contributed by atoms with van der Waals surface area (Å²) in [5.74, 6) is 0.843. The van der Waals surface area contributed by atoms with Crippen molar-refractivity contribution in [3.8, 4) is 11.5 Å². The minimum Gasteiger partial charge on any atom is -0.497 e. The number of hydrogen-bond donors (Lipinski definition) is 0. The molecule has 0 amide bonds. The van der Waals surface area contributed by atoms with E-state index in [4.69, 9.17) is 9.47 Å². The predicted molar refractivity (Wildman–Crippen MR) is 65.0 cm³/mol. The molecule has 2 aromatic rings. The van der Waals surface area contributed by atoms with Crippen LogP contribution >= 0.6 is 0 Å². The van der Waals surface area contributed by atoms with E-state index in [1.807, 2.05) is 0 Å². The molecule has 0 radical (unpaired) electrons. The van der Waals surface area contributed by atoms with Gasteiger partial charge >= 0.3 is 0 Å². The third-order valence-corrected chi connectivity index (χ3v) is 2.45. The van der Waals surface area contributed by atoms with Crippen molar-refractivity contribution in [1.82, 2.24) is 9.97 Å². The lowest BCUT2D eigenvalue weighted by Gasteiger charge is -2.08. The number of nitrogens with zero attached hydrogens (tertiary/aromatic N) is 2. The van der Waals surface area contributed by atoms with Gasteiger partial charge in [-0.05, 0) is 12.1 Å². The van der Waals surface area contributed by atoms with Gasteiger partial charge in [0, 0.05) is 18.5 Å². The minimum atomic E-state index is -0.234. The van der Waals surface area contributed by atoms with Gasteiger partial charge in [-0.25, -0.2) is 4.98 Å². The number of ether oxygens (including phenoxy) is 2. The van der Waals surface area contributed by atoms with Crippen LogP contribution in [-0.4, -0.2) is 30.0 Å². The van der Waals surface area contributed by atoms with E-state index in [2.05, 4.69) is 9.97 Å². The van der Waals surface area contributed by atoms with Crippen molar-refractivity contribution in [3.05, 3.63) is 48.0 Å². The molecule has 0 saturated heterocycles. The maximum atomic E-state index is 12.2. The zero-order valence-electron chi connectivity index (χ0n) is 10.1. The lowest BCUT2D eigenvalue weighted by atomic mass is 10.1. The Kier molecular flexibility index (Phi) is 3.52. The van der Waals surface area contributed by atoms with E-state index in [-0.39, 0.29) is 11.5 Å². The van der Waals surface area contributed by atoms with Crippen LogP contribution in [0.5, 0.6) is 11.5 Å². The summed E-state index contributed by atoms with van der Waals surface area (Å²) >= 11 is 0. The second-order valence-corrected chi connectivity index (χ2v) is 3.49. The van der Waals surface area contributed by atoms with Gasteiger partial charge in [0.15, 0.2) is 0 Å². The fourth-order valence-electron chi connectivity index (χ4n) is 1.54. The molecular formula is C13H12N2O3. The number of aromatic nitrogens is 2. The molecule has 0 bridgehead atoms. The Morgan fingerprint density at radius 1 is 1.17 bits per heavy atom. The van der Waals surface area contributed by atoms with Crippen molar-refractivity contribution in [2.75, 3.05) is 14.2 Å². The molecule has 5 heteroatoms. The van der Waals surface area contributed by atoms with E-state index in [9.17, 15) is 4.79 Å². The quantitative estimate of drug-likeness (QED) is 0.766. The lowest BCUT2D eigenvalue weighted by molar-refractivity contribution is 0.103. The SMILES string of the molecule is COc1ccc(C(=O)c2cnccn2)c(OC)c1. The third kappa shape index (κ3) is 2.29. The topological polar surface area (TPSA) is 61.3 Å². The molecule has 5 nitrogen and oxygen atoms in total. The Hall–Kier alpha value is -2.43. The molecular weight excluding hydrogens is 232 g/mol. The van der Waals surface area contributed by atoms with Gasteiger partial charge in [-0.2, -0.15) is 0 Å². The summed E-state index contributed by atoms with van der Waals surface area (Å²) in [6.07, 6.45) is 4.41. The van der Waals surface area contributed by atoms with Crippen molar-refractivity contribution in [2.45, 2.75) is 0 Å². The maximum absolute atomic E-state index is 12.2.